The molecular formula is C14H19N5O2. The zero-order valence-electron chi connectivity index (χ0n) is 12.5. The summed E-state index contributed by atoms with van der Waals surface area (Å²) < 4.78 is 1.79. The fourth-order valence-corrected chi connectivity index (χ4v) is 2.13. The highest BCUT2D eigenvalue weighted by molar-refractivity contribution is 5.62. The number of aryl methyl sites for hydroxylation is 2. The number of nitro groups is 1. The van der Waals surface area contributed by atoms with Gasteiger partial charge in [-0.15, -0.1) is 0 Å². The fraction of sp³-hybridized carbons (Fsp3) is 0.429. The van der Waals surface area contributed by atoms with Gasteiger partial charge in [0.2, 0.25) is 0 Å². The van der Waals surface area contributed by atoms with Crippen LogP contribution in [0.15, 0.2) is 18.2 Å². The summed E-state index contributed by atoms with van der Waals surface area (Å²) in [5.74, 6) is 1.55. The number of hydrogen-bond acceptors (Lipinski definition) is 5. The van der Waals surface area contributed by atoms with Crippen LogP contribution in [0.4, 0.5) is 11.4 Å². The Morgan fingerprint density at radius 1 is 1.38 bits per heavy atom. The second-order valence-corrected chi connectivity index (χ2v) is 4.90. The Balaban J connectivity index is 2.28. The van der Waals surface area contributed by atoms with Crippen molar-refractivity contribution in [1.29, 1.82) is 0 Å². The molecule has 7 heteroatoms. The minimum atomic E-state index is -0.368. The zero-order chi connectivity index (χ0) is 15.4. The lowest BCUT2D eigenvalue weighted by molar-refractivity contribution is -0.384. The van der Waals surface area contributed by atoms with Crippen LogP contribution in [0.2, 0.25) is 0 Å². The van der Waals surface area contributed by atoms with Crippen LogP contribution >= 0.6 is 0 Å². The van der Waals surface area contributed by atoms with Gasteiger partial charge in [0.15, 0.2) is 0 Å². The second kappa shape index (κ2) is 6.34. The summed E-state index contributed by atoms with van der Waals surface area (Å²) in [5.41, 5.74) is 1.60. The van der Waals surface area contributed by atoms with Crippen molar-refractivity contribution in [2.45, 2.75) is 33.7 Å². The molecule has 1 aromatic heterocycles. The van der Waals surface area contributed by atoms with E-state index < -0.39 is 0 Å². The maximum absolute atomic E-state index is 11.0. The van der Waals surface area contributed by atoms with Crippen LogP contribution < -0.4 is 5.32 Å². The minimum Gasteiger partial charge on any atom is -0.379 e. The van der Waals surface area contributed by atoms with Crippen molar-refractivity contribution in [3.05, 3.63) is 45.5 Å². The SMILES string of the molecule is CCCNc1cc(Cn2nc(C)nc2C)ccc1[N+](=O)[O-]. The molecule has 1 N–H and O–H groups in total. The van der Waals surface area contributed by atoms with Crippen LogP contribution in [0.25, 0.3) is 0 Å². The van der Waals surface area contributed by atoms with E-state index in [2.05, 4.69) is 15.4 Å². The largest absolute Gasteiger partial charge is 0.379 e. The normalized spacial score (nSPS) is 10.6. The van der Waals surface area contributed by atoms with Gasteiger partial charge in [-0.05, 0) is 31.9 Å². The molecule has 112 valence electrons. The number of nitro benzene ring substituents is 1. The molecule has 2 rings (SSSR count). The number of nitrogens with zero attached hydrogens (tertiary/aromatic N) is 4. The predicted octanol–water partition coefficient (Wildman–Crippen LogP) is 2.67. The first kappa shape index (κ1) is 15.0. The molecule has 1 aromatic carbocycles. The van der Waals surface area contributed by atoms with E-state index in [0.29, 0.717) is 18.8 Å². The Labute approximate surface area is 123 Å². The van der Waals surface area contributed by atoms with Gasteiger partial charge in [-0.1, -0.05) is 13.0 Å². The molecule has 7 nitrogen and oxygen atoms in total. The number of rotatable bonds is 6. The molecule has 21 heavy (non-hydrogen) atoms. The van der Waals surface area contributed by atoms with Crippen molar-refractivity contribution in [2.75, 3.05) is 11.9 Å². The monoisotopic (exact) mass is 289 g/mol. The summed E-state index contributed by atoms with van der Waals surface area (Å²) in [6.45, 7) is 7.00. The molecule has 0 fully saturated rings. The van der Waals surface area contributed by atoms with E-state index in [1.807, 2.05) is 26.8 Å². The van der Waals surface area contributed by atoms with E-state index in [1.165, 1.54) is 6.07 Å². The summed E-state index contributed by atoms with van der Waals surface area (Å²) in [5, 5.41) is 18.5. The smallest absolute Gasteiger partial charge is 0.292 e. The lowest BCUT2D eigenvalue weighted by atomic mass is 10.1. The first-order valence-corrected chi connectivity index (χ1v) is 6.90. The van der Waals surface area contributed by atoms with E-state index in [4.69, 9.17) is 0 Å². The van der Waals surface area contributed by atoms with E-state index in [-0.39, 0.29) is 10.6 Å². The number of anilines is 1. The molecule has 0 amide bonds. The Kier molecular flexibility index (Phi) is 4.52. The van der Waals surface area contributed by atoms with Gasteiger partial charge < -0.3 is 5.32 Å². The van der Waals surface area contributed by atoms with Crippen LogP contribution in [0.1, 0.15) is 30.6 Å². The maximum Gasteiger partial charge on any atom is 0.292 e. The number of aromatic nitrogens is 3. The highest BCUT2D eigenvalue weighted by Crippen LogP contribution is 2.26. The van der Waals surface area contributed by atoms with Gasteiger partial charge in [0.25, 0.3) is 5.69 Å². The lowest BCUT2D eigenvalue weighted by Gasteiger charge is -2.09. The molecule has 0 bridgehead atoms. The summed E-state index contributed by atoms with van der Waals surface area (Å²) in [7, 11) is 0. The average molecular weight is 289 g/mol. The van der Waals surface area contributed by atoms with E-state index >= 15 is 0 Å². The molecular weight excluding hydrogens is 270 g/mol. The molecule has 0 radical (unpaired) electrons. The van der Waals surface area contributed by atoms with Gasteiger partial charge in [0.05, 0.1) is 11.5 Å². The highest BCUT2D eigenvalue weighted by atomic mass is 16.6. The third-order valence-electron chi connectivity index (χ3n) is 3.12. The highest BCUT2D eigenvalue weighted by Gasteiger charge is 2.14. The van der Waals surface area contributed by atoms with Crippen molar-refractivity contribution in [3.8, 4) is 0 Å². The molecule has 0 aliphatic heterocycles. The van der Waals surface area contributed by atoms with Gasteiger partial charge in [-0.25, -0.2) is 9.67 Å². The Morgan fingerprint density at radius 2 is 2.14 bits per heavy atom. The predicted molar refractivity (Wildman–Crippen MR) is 80.5 cm³/mol. The Bertz CT molecular complexity index is 651. The van der Waals surface area contributed by atoms with Crippen molar-refractivity contribution < 1.29 is 4.92 Å². The van der Waals surface area contributed by atoms with Gasteiger partial charge in [-0.3, -0.25) is 10.1 Å². The molecule has 0 unspecified atom stereocenters. The topological polar surface area (TPSA) is 85.9 Å². The third-order valence-corrected chi connectivity index (χ3v) is 3.12. The van der Waals surface area contributed by atoms with Crippen molar-refractivity contribution >= 4 is 11.4 Å². The second-order valence-electron chi connectivity index (χ2n) is 4.90. The summed E-state index contributed by atoms with van der Waals surface area (Å²) in [6.07, 6.45) is 0.906. The van der Waals surface area contributed by atoms with Gasteiger partial charge >= 0.3 is 0 Å². The molecule has 2 aromatic rings. The van der Waals surface area contributed by atoms with Crippen LogP contribution in [0.5, 0.6) is 0 Å². The van der Waals surface area contributed by atoms with Crippen molar-refractivity contribution in [1.82, 2.24) is 14.8 Å². The van der Waals surface area contributed by atoms with E-state index in [0.717, 1.165) is 23.6 Å². The van der Waals surface area contributed by atoms with Crippen LogP contribution in [-0.4, -0.2) is 26.2 Å². The minimum absolute atomic E-state index is 0.0960. The summed E-state index contributed by atoms with van der Waals surface area (Å²) in [4.78, 5) is 14.9. The Morgan fingerprint density at radius 3 is 2.71 bits per heavy atom. The van der Waals surface area contributed by atoms with Crippen LogP contribution in [-0.2, 0) is 6.54 Å². The number of hydrogen-bond donors (Lipinski definition) is 1. The molecule has 0 aliphatic carbocycles. The molecule has 0 atom stereocenters. The Hall–Kier alpha value is -2.44. The quantitative estimate of drug-likeness (QED) is 0.652. The molecule has 0 saturated heterocycles. The first-order chi connectivity index (χ1) is 10.0. The van der Waals surface area contributed by atoms with E-state index in [1.54, 1.807) is 10.7 Å². The van der Waals surface area contributed by atoms with Gasteiger partial charge in [0, 0.05) is 12.6 Å². The van der Waals surface area contributed by atoms with Crippen LogP contribution in [0.3, 0.4) is 0 Å². The fourth-order valence-electron chi connectivity index (χ4n) is 2.13. The molecule has 0 saturated carbocycles. The number of nitrogens with one attached hydrogen (secondary N) is 1. The zero-order valence-corrected chi connectivity index (χ0v) is 12.5. The van der Waals surface area contributed by atoms with Gasteiger partial charge in [0.1, 0.15) is 17.3 Å². The molecule has 0 spiro atoms. The lowest BCUT2D eigenvalue weighted by Crippen LogP contribution is -2.07. The van der Waals surface area contributed by atoms with Crippen LogP contribution in [0, 0.1) is 24.0 Å². The third kappa shape index (κ3) is 3.56. The van der Waals surface area contributed by atoms with Gasteiger partial charge in [-0.2, -0.15) is 5.10 Å². The standard InChI is InChI=1S/C14H19N5O2/c1-4-7-15-13-8-12(5-6-14(13)19(20)21)9-18-11(3)16-10(2)17-18/h5-6,8,15H,4,7,9H2,1-3H3. The van der Waals surface area contributed by atoms with E-state index in [9.17, 15) is 10.1 Å². The van der Waals surface area contributed by atoms with Crippen molar-refractivity contribution in [2.24, 2.45) is 0 Å². The molecule has 1 heterocycles. The first-order valence-electron chi connectivity index (χ1n) is 6.90. The maximum atomic E-state index is 11.0. The summed E-state index contributed by atoms with van der Waals surface area (Å²) >= 11 is 0. The molecule has 0 aliphatic rings. The van der Waals surface area contributed by atoms with Crippen molar-refractivity contribution in [3.63, 3.8) is 0 Å². The number of benzene rings is 1. The summed E-state index contributed by atoms with van der Waals surface area (Å²) in [6, 6.07) is 5.10. The average Bonchev–Trinajstić information content (AvgIpc) is 2.74.